The van der Waals surface area contributed by atoms with Gasteiger partial charge in [0.15, 0.2) is 11.5 Å². The van der Waals surface area contributed by atoms with Gasteiger partial charge in [0.1, 0.15) is 0 Å². The molecule has 3 aromatic carbocycles. The van der Waals surface area contributed by atoms with E-state index >= 15 is 0 Å². The SMILES string of the molecule is COc1ccc(CNC(=O)C[C@@H](NC(=O)c2ccccc2Cl)c2ccccc2)cc1OC. The zero-order valence-electron chi connectivity index (χ0n) is 17.9. The summed E-state index contributed by atoms with van der Waals surface area (Å²) in [5, 5.41) is 6.19. The van der Waals surface area contributed by atoms with Crippen LogP contribution in [0, 0.1) is 0 Å². The molecule has 2 N–H and O–H groups in total. The molecular formula is C25H25ClN2O4. The number of rotatable bonds is 9. The molecule has 0 saturated heterocycles. The third-order valence-corrected chi connectivity index (χ3v) is 5.28. The molecule has 0 aliphatic carbocycles. The molecule has 6 nitrogen and oxygen atoms in total. The van der Waals surface area contributed by atoms with Gasteiger partial charge in [0.25, 0.3) is 5.91 Å². The van der Waals surface area contributed by atoms with E-state index in [0.29, 0.717) is 28.6 Å². The normalized spacial score (nSPS) is 11.3. The van der Waals surface area contributed by atoms with Crippen LogP contribution in [-0.2, 0) is 11.3 Å². The number of nitrogens with one attached hydrogen (secondary N) is 2. The second-order valence-corrected chi connectivity index (χ2v) is 7.49. The summed E-state index contributed by atoms with van der Waals surface area (Å²) >= 11 is 6.16. The van der Waals surface area contributed by atoms with E-state index in [-0.39, 0.29) is 18.2 Å². The van der Waals surface area contributed by atoms with Crippen molar-refractivity contribution in [2.24, 2.45) is 0 Å². The number of hydrogen-bond donors (Lipinski definition) is 2. The predicted molar refractivity (Wildman–Crippen MR) is 124 cm³/mol. The Hall–Kier alpha value is -3.51. The molecule has 7 heteroatoms. The average molecular weight is 453 g/mol. The van der Waals surface area contributed by atoms with Crippen molar-refractivity contribution >= 4 is 23.4 Å². The van der Waals surface area contributed by atoms with Crippen LogP contribution in [0.2, 0.25) is 5.02 Å². The molecule has 166 valence electrons. The molecule has 0 aromatic heterocycles. The Morgan fingerprint density at radius 3 is 2.28 bits per heavy atom. The van der Waals surface area contributed by atoms with E-state index in [1.165, 1.54) is 0 Å². The minimum Gasteiger partial charge on any atom is -0.493 e. The van der Waals surface area contributed by atoms with Crippen LogP contribution in [0.25, 0.3) is 0 Å². The van der Waals surface area contributed by atoms with E-state index in [2.05, 4.69) is 10.6 Å². The van der Waals surface area contributed by atoms with Crippen LogP contribution >= 0.6 is 11.6 Å². The third kappa shape index (κ3) is 6.02. The van der Waals surface area contributed by atoms with Gasteiger partial charge in [-0.25, -0.2) is 0 Å². The smallest absolute Gasteiger partial charge is 0.253 e. The number of methoxy groups -OCH3 is 2. The maximum Gasteiger partial charge on any atom is 0.253 e. The van der Waals surface area contributed by atoms with E-state index in [9.17, 15) is 9.59 Å². The number of carbonyl (C=O) groups excluding carboxylic acids is 2. The summed E-state index contributed by atoms with van der Waals surface area (Å²) in [6, 6.07) is 21.1. The van der Waals surface area contributed by atoms with Crippen LogP contribution in [0.15, 0.2) is 72.8 Å². The number of hydrogen-bond acceptors (Lipinski definition) is 4. The third-order valence-electron chi connectivity index (χ3n) is 4.95. The average Bonchev–Trinajstić information content (AvgIpc) is 2.82. The number of carbonyl (C=O) groups is 2. The molecule has 1 atom stereocenters. The predicted octanol–water partition coefficient (Wildman–Crippen LogP) is 4.53. The Labute approximate surface area is 192 Å². The number of halogens is 1. The monoisotopic (exact) mass is 452 g/mol. The number of benzene rings is 3. The quantitative estimate of drug-likeness (QED) is 0.500. The van der Waals surface area contributed by atoms with Gasteiger partial charge in [-0.05, 0) is 35.4 Å². The molecular weight excluding hydrogens is 428 g/mol. The fourth-order valence-electron chi connectivity index (χ4n) is 3.27. The van der Waals surface area contributed by atoms with E-state index in [4.69, 9.17) is 21.1 Å². The van der Waals surface area contributed by atoms with Crippen molar-refractivity contribution in [2.75, 3.05) is 14.2 Å². The summed E-state index contributed by atoms with van der Waals surface area (Å²) in [6.07, 6.45) is 0.0769. The highest BCUT2D eigenvalue weighted by molar-refractivity contribution is 6.33. The van der Waals surface area contributed by atoms with Crippen molar-refractivity contribution in [1.29, 1.82) is 0 Å². The van der Waals surface area contributed by atoms with E-state index in [1.807, 2.05) is 42.5 Å². The number of ether oxygens (including phenoxy) is 2. The van der Waals surface area contributed by atoms with Crippen LogP contribution in [0.3, 0.4) is 0 Å². The first-order valence-corrected chi connectivity index (χ1v) is 10.5. The van der Waals surface area contributed by atoms with Gasteiger partial charge >= 0.3 is 0 Å². The molecule has 0 fully saturated rings. The first-order valence-electron chi connectivity index (χ1n) is 10.1. The van der Waals surface area contributed by atoms with Gasteiger partial charge in [0, 0.05) is 6.54 Å². The number of amides is 2. The second-order valence-electron chi connectivity index (χ2n) is 7.09. The van der Waals surface area contributed by atoms with Crippen molar-refractivity contribution < 1.29 is 19.1 Å². The zero-order chi connectivity index (χ0) is 22.9. The molecule has 3 aromatic rings. The van der Waals surface area contributed by atoms with E-state index in [0.717, 1.165) is 11.1 Å². The summed E-state index contributed by atoms with van der Waals surface area (Å²) in [7, 11) is 3.13. The van der Waals surface area contributed by atoms with Gasteiger partial charge in [-0.15, -0.1) is 0 Å². The van der Waals surface area contributed by atoms with Gasteiger partial charge in [-0.3, -0.25) is 9.59 Å². The minimum absolute atomic E-state index is 0.0769. The second kappa shape index (κ2) is 11.2. The fourth-order valence-corrected chi connectivity index (χ4v) is 3.49. The Morgan fingerprint density at radius 2 is 1.59 bits per heavy atom. The largest absolute Gasteiger partial charge is 0.493 e. The van der Waals surface area contributed by atoms with Crippen LogP contribution in [0.1, 0.15) is 33.9 Å². The topological polar surface area (TPSA) is 76.7 Å². The maximum absolute atomic E-state index is 12.8. The van der Waals surface area contributed by atoms with Crippen molar-refractivity contribution in [1.82, 2.24) is 10.6 Å². The van der Waals surface area contributed by atoms with E-state index < -0.39 is 6.04 Å². The van der Waals surface area contributed by atoms with Crippen LogP contribution in [0.4, 0.5) is 0 Å². The summed E-state index contributed by atoms with van der Waals surface area (Å²) in [4.78, 5) is 25.5. The molecule has 0 heterocycles. The molecule has 0 aliphatic rings. The Balaban J connectivity index is 1.69. The molecule has 2 amide bonds. The summed E-state index contributed by atoms with van der Waals surface area (Å²) in [5.74, 6) is 0.674. The first-order chi connectivity index (χ1) is 15.5. The molecule has 0 aliphatic heterocycles. The summed E-state index contributed by atoms with van der Waals surface area (Å²) in [5.41, 5.74) is 2.06. The van der Waals surface area contributed by atoms with Crippen molar-refractivity contribution in [3.05, 3.63) is 94.5 Å². The van der Waals surface area contributed by atoms with Crippen LogP contribution < -0.4 is 20.1 Å². The Morgan fingerprint density at radius 1 is 0.906 bits per heavy atom. The Bertz CT molecular complexity index is 1070. The highest BCUT2D eigenvalue weighted by atomic mass is 35.5. The summed E-state index contributed by atoms with van der Waals surface area (Å²) < 4.78 is 10.5. The Kier molecular flexibility index (Phi) is 8.11. The molecule has 32 heavy (non-hydrogen) atoms. The van der Waals surface area contributed by atoms with Gasteiger partial charge in [0.05, 0.1) is 37.3 Å². The van der Waals surface area contributed by atoms with Gasteiger partial charge in [-0.1, -0.05) is 60.1 Å². The first kappa shape index (κ1) is 23.2. The highest BCUT2D eigenvalue weighted by Gasteiger charge is 2.20. The van der Waals surface area contributed by atoms with Crippen LogP contribution in [-0.4, -0.2) is 26.0 Å². The van der Waals surface area contributed by atoms with Crippen LogP contribution in [0.5, 0.6) is 11.5 Å². The van der Waals surface area contributed by atoms with Crippen molar-refractivity contribution in [2.45, 2.75) is 19.0 Å². The molecule has 0 radical (unpaired) electrons. The molecule has 0 bridgehead atoms. The molecule has 0 saturated carbocycles. The summed E-state index contributed by atoms with van der Waals surface area (Å²) in [6.45, 7) is 0.319. The lowest BCUT2D eigenvalue weighted by atomic mass is 10.0. The molecule has 0 unspecified atom stereocenters. The van der Waals surface area contributed by atoms with Gasteiger partial charge in [-0.2, -0.15) is 0 Å². The minimum atomic E-state index is -0.509. The van der Waals surface area contributed by atoms with Gasteiger partial charge in [0.2, 0.25) is 5.91 Å². The standard InChI is InChI=1S/C25H25ClN2O4/c1-31-22-13-12-17(14-23(22)32-2)16-27-24(29)15-21(18-8-4-3-5-9-18)28-25(30)19-10-6-7-11-20(19)26/h3-14,21H,15-16H2,1-2H3,(H,27,29)(H,28,30)/t21-/m1/s1. The van der Waals surface area contributed by atoms with Crippen molar-refractivity contribution in [3.63, 3.8) is 0 Å². The lowest BCUT2D eigenvalue weighted by Crippen LogP contribution is -2.33. The fraction of sp³-hybridized carbons (Fsp3) is 0.200. The molecule has 0 spiro atoms. The van der Waals surface area contributed by atoms with Gasteiger partial charge < -0.3 is 20.1 Å². The van der Waals surface area contributed by atoms with E-state index in [1.54, 1.807) is 44.6 Å². The zero-order valence-corrected chi connectivity index (χ0v) is 18.7. The molecule has 3 rings (SSSR count). The van der Waals surface area contributed by atoms with Crippen molar-refractivity contribution in [3.8, 4) is 11.5 Å². The lowest BCUT2D eigenvalue weighted by Gasteiger charge is -2.19. The lowest BCUT2D eigenvalue weighted by molar-refractivity contribution is -0.121. The highest BCUT2D eigenvalue weighted by Crippen LogP contribution is 2.27. The maximum atomic E-state index is 12.8.